The summed E-state index contributed by atoms with van der Waals surface area (Å²) < 4.78 is 22.5. The fraction of sp³-hybridized carbons (Fsp3) is 0.714. The summed E-state index contributed by atoms with van der Waals surface area (Å²) in [6, 6.07) is 0. The maximum atomic E-state index is 11.3. The third kappa shape index (κ3) is 3.33. The third-order valence-corrected chi connectivity index (χ3v) is 3.58. The van der Waals surface area contributed by atoms with Crippen molar-refractivity contribution in [2.45, 2.75) is 12.2 Å². The lowest BCUT2D eigenvalue weighted by molar-refractivity contribution is -0.134. The van der Waals surface area contributed by atoms with E-state index in [-0.39, 0.29) is 0 Å². The third-order valence-electron chi connectivity index (χ3n) is 1.65. The van der Waals surface area contributed by atoms with Crippen LogP contribution in [0.25, 0.3) is 0 Å². The molecule has 1 atom stereocenters. The van der Waals surface area contributed by atoms with E-state index in [2.05, 4.69) is 0 Å². The number of amides is 1. The predicted molar refractivity (Wildman–Crippen MR) is 49.6 cm³/mol. The quantitative estimate of drug-likeness (QED) is 0.657. The molecule has 0 aromatic rings. The van der Waals surface area contributed by atoms with Crippen LogP contribution in [0.5, 0.6) is 0 Å². The van der Waals surface area contributed by atoms with E-state index < -0.39 is 32.7 Å². The molecule has 0 aliphatic rings. The molecule has 1 N–H and O–H groups in total. The number of hydrogen-bond donors (Lipinski definition) is 1. The van der Waals surface area contributed by atoms with Crippen LogP contribution in [0.4, 0.5) is 0 Å². The maximum Gasteiger partial charge on any atom is 0.318 e. The SMILES string of the molecule is CC(C(=O)N(C)C)S(=O)(=O)CC(=O)O. The molecule has 0 saturated heterocycles. The zero-order valence-electron chi connectivity index (χ0n) is 8.22. The lowest BCUT2D eigenvalue weighted by atomic mass is 10.4. The first-order valence-corrected chi connectivity index (χ1v) is 5.54. The molecule has 0 spiro atoms. The van der Waals surface area contributed by atoms with E-state index in [4.69, 9.17) is 5.11 Å². The van der Waals surface area contributed by atoms with Crippen LogP contribution in [0.3, 0.4) is 0 Å². The van der Waals surface area contributed by atoms with Crippen molar-refractivity contribution in [3.8, 4) is 0 Å². The van der Waals surface area contributed by atoms with Gasteiger partial charge in [-0.1, -0.05) is 0 Å². The van der Waals surface area contributed by atoms with Crippen LogP contribution in [0.15, 0.2) is 0 Å². The van der Waals surface area contributed by atoms with Gasteiger partial charge < -0.3 is 10.0 Å². The van der Waals surface area contributed by atoms with Gasteiger partial charge in [0.1, 0.15) is 11.0 Å². The van der Waals surface area contributed by atoms with Gasteiger partial charge in [0.25, 0.3) is 0 Å². The summed E-state index contributed by atoms with van der Waals surface area (Å²) in [4.78, 5) is 22.5. The Bertz CT molecular complexity index is 332. The van der Waals surface area contributed by atoms with E-state index in [0.29, 0.717) is 0 Å². The Morgan fingerprint density at radius 2 is 1.79 bits per heavy atom. The van der Waals surface area contributed by atoms with Gasteiger partial charge in [0.15, 0.2) is 9.84 Å². The van der Waals surface area contributed by atoms with Crippen LogP contribution in [0, 0.1) is 0 Å². The fourth-order valence-electron chi connectivity index (χ4n) is 0.814. The van der Waals surface area contributed by atoms with Crippen LogP contribution in [-0.4, -0.2) is 55.4 Å². The minimum Gasteiger partial charge on any atom is -0.480 e. The molecule has 0 radical (unpaired) electrons. The first-order valence-electron chi connectivity index (χ1n) is 3.83. The minimum absolute atomic E-state index is 0.619. The number of hydrogen-bond acceptors (Lipinski definition) is 4. The molecule has 0 aliphatic carbocycles. The summed E-state index contributed by atoms with van der Waals surface area (Å²) >= 11 is 0. The Morgan fingerprint density at radius 1 is 1.36 bits per heavy atom. The van der Waals surface area contributed by atoms with E-state index in [1.54, 1.807) is 0 Å². The highest BCUT2D eigenvalue weighted by atomic mass is 32.2. The molecular weight excluding hydrogens is 210 g/mol. The molecule has 0 rings (SSSR count). The summed E-state index contributed by atoms with van der Waals surface area (Å²) in [6.07, 6.45) is 0. The van der Waals surface area contributed by atoms with E-state index in [1.165, 1.54) is 21.0 Å². The van der Waals surface area contributed by atoms with Gasteiger partial charge in [-0.3, -0.25) is 9.59 Å². The molecule has 0 aromatic carbocycles. The number of aliphatic carboxylic acids is 1. The molecule has 0 bridgehead atoms. The second-order valence-corrected chi connectivity index (χ2v) is 5.40. The van der Waals surface area contributed by atoms with Crippen LogP contribution in [-0.2, 0) is 19.4 Å². The van der Waals surface area contributed by atoms with Gasteiger partial charge in [-0.2, -0.15) is 0 Å². The number of rotatable bonds is 4. The number of carbonyl (C=O) groups is 2. The summed E-state index contributed by atoms with van der Waals surface area (Å²) in [5.41, 5.74) is 0. The predicted octanol–water partition coefficient (Wildman–Crippen LogP) is -1.04. The number of nitrogens with zero attached hydrogens (tertiary/aromatic N) is 1. The highest BCUT2D eigenvalue weighted by Crippen LogP contribution is 2.04. The standard InChI is InChI=1S/C7H13NO5S/c1-5(7(11)8(2)3)14(12,13)4-6(9)10/h5H,4H2,1-3H3,(H,9,10). The smallest absolute Gasteiger partial charge is 0.318 e. The Hall–Kier alpha value is -1.11. The van der Waals surface area contributed by atoms with Crippen molar-refractivity contribution in [2.75, 3.05) is 19.8 Å². The largest absolute Gasteiger partial charge is 0.480 e. The number of carboxylic acid groups (broad SMARTS) is 1. The highest BCUT2D eigenvalue weighted by molar-refractivity contribution is 7.93. The summed E-state index contributed by atoms with van der Waals surface area (Å²) in [6.45, 7) is 1.18. The number of carbonyl (C=O) groups excluding carboxylic acids is 1. The number of carboxylic acids is 1. The normalized spacial score (nSPS) is 13.4. The van der Waals surface area contributed by atoms with E-state index >= 15 is 0 Å². The molecule has 1 amide bonds. The monoisotopic (exact) mass is 223 g/mol. The molecule has 0 fully saturated rings. The Kier molecular flexibility index (Phi) is 4.06. The van der Waals surface area contributed by atoms with Crippen LogP contribution in [0.2, 0.25) is 0 Å². The van der Waals surface area contributed by atoms with Crippen molar-refractivity contribution in [1.82, 2.24) is 4.90 Å². The molecule has 14 heavy (non-hydrogen) atoms. The average molecular weight is 223 g/mol. The second-order valence-electron chi connectivity index (χ2n) is 3.08. The van der Waals surface area contributed by atoms with Crippen molar-refractivity contribution in [2.24, 2.45) is 0 Å². The van der Waals surface area contributed by atoms with Gasteiger partial charge in [-0.25, -0.2) is 8.42 Å². The summed E-state index contributed by atoms with van der Waals surface area (Å²) in [7, 11) is -1.07. The van der Waals surface area contributed by atoms with Crippen molar-refractivity contribution in [3.05, 3.63) is 0 Å². The lowest BCUT2D eigenvalue weighted by Gasteiger charge is -2.16. The second kappa shape index (κ2) is 4.41. The molecule has 1 unspecified atom stereocenters. The molecule has 82 valence electrons. The Labute approximate surface area is 82.4 Å². The summed E-state index contributed by atoms with van der Waals surface area (Å²) in [5, 5.41) is 7.00. The van der Waals surface area contributed by atoms with E-state index in [1.807, 2.05) is 0 Å². The first-order chi connectivity index (χ1) is 6.18. The minimum atomic E-state index is -3.89. The topological polar surface area (TPSA) is 91.8 Å². The zero-order valence-corrected chi connectivity index (χ0v) is 9.04. The van der Waals surface area contributed by atoms with Gasteiger partial charge >= 0.3 is 5.97 Å². The van der Waals surface area contributed by atoms with Gasteiger partial charge in [-0.05, 0) is 6.92 Å². The number of sulfone groups is 1. The average Bonchev–Trinajstić information content (AvgIpc) is 1.99. The van der Waals surface area contributed by atoms with Crippen molar-refractivity contribution in [1.29, 1.82) is 0 Å². The van der Waals surface area contributed by atoms with Crippen LogP contribution >= 0.6 is 0 Å². The van der Waals surface area contributed by atoms with Crippen molar-refractivity contribution < 1.29 is 23.1 Å². The molecule has 7 heteroatoms. The first kappa shape index (κ1) is 12.9. The van der Waals surface area contributed by atoms with Gasteiger partial charge in [0.2, 0.25) is 5.91 Å². The van der Waals surface area contributed by atoms with E-state index in [0.717, 1.165) is 4.90 Å². The van der Waals surface area contributed by atoms with Gasteiger partial charge in [0, 0.05) is 14.1 Å². The van der Waals surface area contributed by atoms with E-state index in [9.17, 15) is 18.0 Å². The molecular formula is C7H13NO5S. The molecule has 0 heterocycles. The highest BCUT2D eigenvalue weighted by Gasteiger charge is 2.30. The van der Waals surface area contributed by atoms with Crippen LogP contribution in [0.1, 0.15) is 6.92 Å². The summed E-state index contributed by atoms with van der Waals surface area (Å²) in [5.74, 6) is -3.09. The zero-order chi connectivity index (χ0) is 11.5. The Morgan fingerprint density at radius 3 is 2.07 bits per heavy atom. The molecule has 6 nitrogen and oxygen atoms in total. The lowest BCUT2D eigenvalue weighted by Crippen LogP contribution is -2.39. The molecule has 0 aliphatic heterocycles. The Balaban J connectivity index is 4.76. The van der Waals surface area contributed by atoms with Gasteiger partial charge in [0.05, 0.1) is 0 Å². The molecule has 0 saturated carbocycles. The molecule has 0 aromatic heterocycles. The van der Waals surface area contributed by atoms with Gasteiger partial charge in [-0.15, -0.1) is 0 Å². The maximum absolute atomic E-state index is 11.3. The van der Waals surface area contributed by atoms with Crippen molar-refractivity contribution >= 4 is 21.7 Å². The van der Waals surface area contributed by atoms with Crippen molar-refractivity contribution in [3.63, 3.8) is 0 Å². The van der Waals surface area contributed by atoms with Crippen LogP contribution < -0.4 is 0 Å². The fourth-order valence-corrected chi connectivity index (χ4v) is 1.93.